The molecule has 0 saturated heterocycles. The highest BCUT2D eigenvalue weighted by Gasteiger charge is 2.41. The molecule has 2 aliphatic carbocycles. The van der Waals surface area contributed by atoms with E-state index in [0.29, 0.717) is 22.2 Å². The minimum atomic E-state index is -2.63. The average Bonchev–Trinajstić information content (AvgIpc) is 3.26. The van der Waals surface area contributed by atoms with Gasteiger partial charge in [0.15, 0.2) is 5.16 Å². The van der Waals surface area contributed by atoms with Gasteiger partial charge in [-0.25, -0.2) is 8.78 Å². The summed E-state index contributed by atoms with van der Waals surface area (Å²) >= 11 is 6.40. The fraction of sp³-hybridized carbons (Fsp3) is 0.611. The van der Waals surface area contributed by atoms with Crippen LogP contribution in [0.2, 0.25) is 0 Å². The van der Waals surface area contributed by atoms with Gasteiger partial charge < -0.3 is 0 Å². The van der Waals surface area contributed by atoms with Crippen LogP contribution in [0.25, 0.3) is 5.00 Å². The zero-order valence-corrected chi connectivity index (χ0v) is 18.5. The van der Waals surface area contributed by atoms with Gasteiger partial charge in [-0.05, 0) is 73.0 Å². The molecule has 4 rings (SSSR count). The van der Waals surface area contributed by atoms with E-state index in [-0.39, 0.29) is 18.6 Å². The van der Waals surface area contributed by atoms with Crippen LogP contribution in [0.15, 0.2) is 9.89 Å². The fourth-order valence-corrected chi connectivity index (χ4v) is 6.47. The van der Waals surface area contributed by atoms with Crippen LogP contribution in [0.3, 0.4) is 0 Å². The highest BCUT2D eigenvalue weighted by atomic mass is 79.9. The first-order chi connectivity index (χ1) is 12.6. The van der Waals surface area contributed by atoms with Crippen molar-refractivity contribution < 1.29 is 13.6 Å². The Balaban J connectivity index is 1.81. The normalized spacial score (nSPS) is 19.2. The molecule has 146 valence electrons. The number of thiophene rings is 1. The van der Waals surface area contributed by atoms with Crippen molar-refractivity contribution >= 4 is 44.8 Å². The van der Waals surface area contributed by atoms with Gasteiger partial charge in [-0.3, -0.25) is 9.36 Å². The van der Waals surface area contributed by atoms with Crippen LogP contribution in [-0.2, 0) is 17.6 Å². The summed E-state index contributed by atoms with van der Waals surface area (Å²) in [5.74, 6) is -2.18. The van der Waals surface area contributed by atoms with Gasteiger partial charge in [0.1, 0.15) is 10.8 Å². The quantitative estimate of drug-likeness (QED) is 0.531. The highest BCUT2D eigenvalue weighted by molar-refractivity contribution is 9.10. The predicted octanol–water partition coefficient (Wildman–Crippen LogP) is 5.55. The van der Waals surface area contributed by atoms with Crippen molar-refractivity contribution in [3.8, 4) is 5.00 Å². The number of carbonyl (C=O) groups excluding carboxylic acids is 1. The summed E-state index contributed by atoms with van der Waals surface area (Å²) in [6.07, 6.45) is 2.19. The van der Waals surface area contributed by atoms with Gasteiger partial charge in [0.2, 0.25) is 4.73 Å². The summed E-state index contributed by atoms with van der Waals surface area (Å²) in [5, 5.41) is 9.90. The third-order valence-electron chi connectivity index (χ3n) is 5.24. The molecule has 1 fully saturated rings. The number of halogens is 3. The van der Waals surface area contributed by atoms with Crippen LogP contribution in [-0.4, -0.2) is 31.2 Å². The lowest BCUT2D eigenvalue weighted by atomic mass is 9.89. The maximum Gasteiger partial charge on any atom is 0.252 e. The zero-order valence-electron chi connectivity index (χ0n) is 15.3. The second-order valence-electron chi connectivity index (χ2n) is 7.79. The van der Waals surface area contributed by atoms with Crippen molar-refractivity contribution in [3.05, 3.63) is 20.7 Å². The number of aromatic nitrogens is 3. The first-order valence-corrected chi connectivity index (χ1v) is 11.4. The Labute approximate surface area is 173 Å². The summed E-state index contributed by atoms with van der Waals surface area (Å²) in [6, 6.07) is 0. The third-order valence-corrected chi connectivity index (χ3v) is 8.42. The first kappa shape index (κ1) is 19.5. The highest BCUT2D eigenvalue weighted by Crippen LogP contribution is 2.52. The number of carbonyl (C=O) groups is 1. The topological polar surface area (TPSA) is 47.8 Å². The van der Waals surface area contributed by atoms with E-state index in [0.717, 1.165) is 33.8 Å². The summed E-state index contributed by atoms with van der Waals surface area (Å²) < 4.78 is 30.0. The molecular formula is C18H20BrF2N3OS2. The first-order valence-electron chi connectivity index (χ1n) is 8.92. The number of alkyl halides is 2. The van der Waals surface area contributed by atoms with E-state index < -0.39 is 10.7 Å². The SMILES string of the molecule is CC(=O)C(C)(C)Sc1nnc(Br)n1-c1sc(C2CC2)c2c1CCC(F)(F)C2. The van der Waals surface area contributed by atoms with Crippen LogP contribution < -0.4 is 0 Å². The van der Waals surface area contributed by atoms with Crippen molar-refractivity contribution in [2.45, 2.75) is 74.6 Å². The van der Waals surface area contributed by atoms with Gasteiger partial charge in [-0.2, -0.15) is 0 Å². The number of ketones is 1. The predicted molar refractivity (Wildman–Crippen MR) is 107 cm³/mol. The number of thioether (sulfide) groups is 1. The fourth-order valence-electron chi connectivity index (χ4n) is 3.26. The minimum absolute atomic E-state index is 0.0460. The minimum Gasteiger partial charge on any atom is -0.298 e. The monoisotopic (exact) mass is 475 g/mol. The molecule has 2 aromatic rings. The van der Waals surface area contributed by atoms with E-state index in [1.807, 2.05) is 18.4 Å². The molecule has 0 N–H and O–H groups in total. The number of fused-ring (bicyclic) bond motifs is 1. The van der Waals surface area contributed by atoms with Crippen molar-refractivity contribution in [1.29, 1.82) is 0 Å². The maximum absolute atomic E-state index is 14.1. The molecule has 0 unspecified atom stereocenters. The van der Waals surface area contributed by atoms with Gasteiger partial charge in [0, 0.05) is 17.7 Å². The smallest absolute Gasteiger partial charge is 0.252 e. The number of rotatable bonds is 5. The number of hydrogen-bond donors (Lipinski definition) is 0. The van der Waals surface area contributed by atoms with E-state index in [1.165, 1.54) is 11.8 Å². The molecule has 2 aromatic heterocycles. The van der Waals surface area contributed by atoms with Gasteiger partial charge in [0.05, 0.1) is 4.75 Å². The standard InChI is InChI=1S/C18H20BrF2N3OS2/c1-9(25)17(2,3)27-16-23-22-15(19)24(16)14-11-6-7-18(20,21)8-12(11)13(26-14)10-4-5-10/h10H,4-8H2,1-3H3. The van der Waals surface area contributed by atoms with Crippen LogP contribution >= 0.6 is 39.0 Å². The second kappa shape index (κ2) is 6.62. The maximum atomic E-state index is 14.1. The van der Waals surface area contributed by atoms with Gasteiger partial charge in [0.25, 0.3) is 5.92 Å². The van der Waals surface area contributed by atoms with Crippen LogP contribution in [0, 0.1) is 0 Å². The van der Waals surface area contributed by atoms with Crippen molar-refractivity contribution in [3.63, 3.8) is 0 Å². The molecule has 0 spiro atoms. The molecule has 4 nitrogen and oxygen atoms in total. The Hall–Kier alpha value is -0.800. The van der Waals surface area contributed by atoms with Gasteiger partial charge >= 0.3 is 0 Å². The van der Waals surface area contributed by atoms with Crippen molar-refractivity contribution in [2.75, 3.05) is 0 Å². The molecule has 0 aromatic carbocycles. The molecule has 27 heavy (non-hydrogen) atoms. The lowest BCUT2D eigenvalue weighted by Gasteiger charge is -2.24. The van der Waals surface area contributed by atoms with E-state index in [2.05, 4.69) is 26.1 Å². The van der Waals surface area contributed by atoms with Crippen molar-refractivity contribution in [1.82, 2.24) is 14.8 Å². The summed E-state index contributed by atoms with van der Waals surface area (Å²) in [4.78, 5) is 13.1. The molecule has 2 heterocycles. The molecule has 2 aliphatic rings. The Kier molecular flexibility index (Phi) is 4.79. The molecule has 0 bridgehead atoms. The lowest BCUT2D eigenvalue weighted by Crippen LogP contribution is -2.26. The van der Waals surface area contributed by atoms with Crippen molar-refractivity contribution in [2.24, 2.45) is 0 Å². The van der Waals surface area contributed by atoms with Gasteiger partial charge in [-0.1, -0.05) is 11.8 Å². The van der Waals surface area contributed by atoms with Crippen LogP contribution in [0.5, 0.6) is 0 Å². The molecule has 1 saturated carbocycles. The largest absolute Gasteiger partial charge is 0.298 e. The molecular weight excluding hydrogens is 456 g/mol. The van der Waals surface area contributed by atoms with E-state index >= 15 is 0 Å². The molecule has 0 atom stereocenters. The Bertz CT molecular complexity index is 918. The molecule has 0 amide bonds. The van der Waals surface area contributed by atoms with Gasteiger partial charge in [-0.15, -0.1) is 21.5 Å². The number of hydrogen-bond acceptors (Lipinski definition) is 5. The van der Waals surface area contributed by atoms with Crippen LogP contribution in [0.4, 0.5) is 8.78 Å². The Morgan fingerprint density at radius 1 is 1.33 bits per heavy atom. The summed E-state index contributed by atoms with van der Waals surface area (Å²) in [5.41, 5.74) is 1.83. The summed E-state index contributed by atoms with van der Waals surface area (Å²) in [6.45, 7) is 5.27. The lowest BCUT2D eigenvalue weighted by molar-refractivity contribution is -0.118. The molecule has 9 heteroatoms. The molecule has 0 radical (unpaired) electrons. The molecule has 0 aliphatic heterocycles. The third kappa shape index (κ3) is 3.62. The van der Waals surface area contributed by atoms with E-state index in [9.17, 15) is 13.6 Å². The van der Waals surface area contributed by atoms with E-state index in [1.54, 1.807) is 18.3 Å². The average molecular weight is 476 g/mol. The second-order valence-corrected chi connectivity index (χ2v) is 11.1. The zero-order chi connectivity index (χ0) is 19.6. The van der Waals surface area contributed by atoms with E-state index in [4.69, 9.17) is 0 Å². The Morgan fingerprint density at radius 3 is 2.67 bits per heavy atom. The number of nitrogens with zero attached hydrogens (tertiary/aromatic N) is 3. The van der Waals surface area contributed by atoms with Crippen LogP contribution in [0.1, 0.15) is 62.0 Å². The summed E-state index contributed by atoms with van der Waals surface area (Å²) in [7, 11) is 0. The Morgan fingerprint density at radius 2 is 2.04 bits per heavy atom. The number of Topliss-reactive ketones (excluding diaryl/α,β-unsaturated/α-hetero) is 1.